The zero-order valence-corrected chi connectivity index (χ0v) is 11.1. The second kappa shape index (κ2) is 6.96. The Morgan fingerprint density at radius 2 is 1.91 bits per heavy atom. The van der Waals surface area contributed by atoms with E-state index in [4.69, 9.17) is 0 Å². The first-order valence-electron chi connectivity index (χ1n) is 3.08. The van der Waals surface area contributed by atoms with Gasteiger partial charge in [0.1, 0.15) is 0 Å². The van der Waals surface area contributed by atoms with E-state index >= 15 is 0 Å². The van der Waals surface area contributed by atoms with Crippen molar-refractivity contribution < 1.29 is 64.4 Å². The van der Waals surface area contributed by atoms with Crippen molar-refractivity contribution in [1.82, 2.24) is 4.90 Å². The second-order valence-corrected chi connectivity index (χ2v) is 3.68. The third-order valence-electron chi connectivity index (χ3n) is 1.26. The molecule has 0 aromatic carbocycles. The zero-order valence-electron chi connectivity index (χ0n) is 7.20. The van der Waals surface area contributed by atoms with Gasteiger partial charge in [0.05, 0.1) is 15.9 Å². The molecule has 0 radical (unpaired) electrons. The van der Waals surface area contributed by atoms with Crippen molar-refractivity contribution in [3.63, 3.8) is 0 Å². The third kappa shape index (κ3) is 11.5. The van der Waals surface area contributed by atoms with Crippen LogP contribution in [0, 0.1) is 0 Å². The van der Waals surface area contributed by atoms with Crippen LogP contribution in [0.2, 0.25) is 0 Å². The molecular weight excluding hydrogens is 193 g/mol. The van der Waals surface area contributed by atoms with E-state index < -0.39 is 10.1 Å². The molecule has 11 heavy (non-hydrogen) atoms. The summed E-state index contributed by atoms with van der Waals surface area (Å²) in [5.74, 6) is -0.294. The number of hydrogen-bond donors (Lipinski definition) is 0. The van der Waals surface area contributed by atoms with Gasteiger partial charge in [-0.1, -0.05) is 6.92 Å². The zero-order chi connectivity index (χ0) is 8.20. The molecule has 0 atom stereocenters. The van der Waals surface area contributed by atoms with Gasteiger partial charge in [0.2, 0.25) is 0 Å². The topological polar surface area (TPSA) is 60.4 Å². The standard InChI is InChI=1S/C5H13NO3S.K/c1-3-6(2)4-5-10(7,8)9;/h3-5H2,1-2H3,(H,7,8,9);/q;+1/p-1. The summed E-state index contributed by atoms with van der Waals surface area (Å²) < 4.78 is 30.2. The molecule has 0 saturated heterocycles. The van der Waals surface area contributed by atoms with Gasteiger partial charge in [0.25, 0.3) is 0 Å². The second-order valence-electron chi connectivity index (χ2n) is 2.16. The summed E-state index contributed by atoms with van der Waals surface area (Å²) in [5.41, 5.74) is 0. The van der Waals surface area contributed by atoms with Crippen molar-refractivity contribution in [2.45, 2.75) is 6.92 Å². The smallest absolute Gasteiger partial charge is 0.748 e. The van der Waals surface area contributed by atoms with E-state index in [1.165, 1.54) is 0 Å². The summed E-state index contributed by atoms with van der Waals surface area (Å²) in [6.45, 7) is 2.98. The van der Waals surface area contributed by atoms with Gasteiger partial charge in [-0.15, -0.1) is 0 Å². The molecule has 0 unspecified atom stereocenters. The fourth-order valence-electron chi connectivity index (χ4n) is 0.426. The first-order valence-corrected chi connectivity index (χ1v) is 4.65. The molecule has 0 aliphatic heterocycles. The molecule has 0 aromatic heterocycles. The minimum Gasteiger partial charge on any atom is -0.748 e. The van der Waals surface area contributed by atoms with Crippen molar-refractivity contribution >= 4 is 10.1 Å². The van der Waals surface area contributed by atoms with Crippen LogP contribution < -0.4 is 51.4 Å². The molecule has 0 heterocycles. The van der Waals surface area contributed by atoms with E-state index in [-0.39, 0.29) is 57.1 Å². The largest absolute Gasteiger partial charge is 1.00 e. The molecular formula is C5H12KNO3S. The summed E-state index contributed by atoms with van der Waals surface area (Å²) in [5, 5.41) is 0. The van der Waals surface area contributed by atoms with Crippen LogP contribution in [0.1, 0.15) is 6.92 Å². The van der Waals surface area contributed by atoms with E-state index in [0.717, 1.165) is 6.54 Å². The number of rotatable bonds is 4. The number of nitrogens with zero attached hydrogens (tertiary/aromatic N) is 1. The molecule has 6 heteroatoms. The van der Waals surface area contributed by atoms with Crippen LogP contribution in [0.15, 0.2) is 0 Å². The number of hydrogen-bond acceptors (Lipinski definition) is 4. The van der Waals surface area contributed by atoms with Crippen LogP contribution in [0.25, 0.3) is 0 Å². The molecule has 0 amide bonds. The Bertz CT molecular complexity index is 180. The molecule has 0 bridgehead atoms. The monoisotopic (exact) mass is 205 g/mol. The van der Waals surface area contributed by atoms with Crippen LogP contribution in [-0.2, 0) is 10.1 Å². The SMILES string of the molecule is CCN(C)CCS(=O)(=O)[O-].[K+]. The van der Waals surface area contributed by atoms with Gasteiger partial charge in [-0.05, 0) is 13.6 Å². The van der Waals surface area contributed by atoms with Crippen molar-refractivity contribution in [2.24, 2.45) is 0 Å². The molecule has 0 aliphatic rings. The predicted molar refractivity (Wildman–Crippen MR) is 37.7 cm³/mol. The van der Waals surface area contributed by atoms with Gasteiger partial charge in [-0.25, -0.2) is 8.42 Å². The third-order valence-corrected chi connectivity index (χ3v) is 1.95. The summed E-state index contributed by atoms with van der Waals surface area (Å²) in [4.78, 5) is 1.77. The molecule has 0 rings (SSSR count). The van der Waals surface area contributed by atoms with E-state index in [0.29, 0.717) is 6.54 Å². The Morgan fingerprint density at radius 1 is 1.45 bits per heavy atom. The quantitative estimate of drug-likeness (QED) is 0.353. The van der Waals surface area contributed by atoms with E-state index in [1.807, 2.05) is 6.92 Å². The average molecular weight is 205 g/mol. The van der Waals surface area contributed by atoms with Gasteiger partial charge in [0, 0.05) is 6.54 Å². The Labute approximate surface area is 111 Å². The summed E-state index contributed by atoms with van der Waals surface area (Å²) in [7, 11) is -2.25. The van der Waals surface area contributed by atoms with Crippen molar-refractivity contribution in [1.29, 1.82) is 0 Å². The Hall–Kier alpha value is 1.51. The summed E-state index contributed by atoms with van der Waals surface area (Å²) in [6, 6.07) is 0. The van der Waals surface area contributed by atoms with Crippen LogP contribution in [-0.4, -0.2) is 43.8 Å². The van der Waals surface area contributed by atoms with Gasteiger partial charge in [-0.3, -0.25) is 0 Å². The molecule has 4 nitrogen and oxygen atoms in total. The van der Waals surface area contributed by atoms with E-state index in [9.17, 15) is 13.0 Å². The molecule has 0 fully saturated rings. The van der Waals surface area contributed by atoms with E-state index in [1.54, 1.807) is 11.9 Å². The molecule has 0 spiro atoms. The van der Waals surface area contributed by atoms with Gasteiger partial charge < -0.3 is 9.45 Å². The van der Waals surface area contributed by atoms with Gasteiger partial charge >= 0.3 is 51.4 Å². The average Bonchev–Trinajstić information content (AvgIpc) is 1.81. The molecule has 0 aliphatic carbocycles. The van der Waals surface area contributed by atoms with Gasteiger partial charge in [0.15, 0.2) is 0 Å². The normalized spacial score (nSPS) is 11.3. The first kappa shape index (κ1) is 15.0. The fourth-order valence-corrected chi connectivity index (χ4v) is 0.961. The fraction of sp³-hybridized carbons (Fsp3) is 1.00. The van der Waals surface area contributed by atoms with Crippen LogP contribution >= 0.6 is 0 Å². The maximum absolute atomic E-state index is 10.1. The van der Waals surface area contributed by atoms with Crippen LogP contribution in [0.3, 0.4) is 0 Å². The predicted octanol–water partition coefficient (Wildman–Crippen LogP) is -3.51. The summed E-state index contributed by atoms with van der Waals surface area (Å²) >= 11 is 0. The molecule has 62 valence electrons. The van der Waals surface area contributed by atoms with E-state index in [2.05, 4.69) is 0 Å². The minimum absolute atomic E-state index is 0. The Morgan fingerprint density at radius 3 is 2.18 bits per heavy atom. The minimum atomic E-state index is -4.02. The van der Waals surface area contributed by atoms with Crippen LogP contribution in [0.5, 0.6) is 0 Å². The van der Waals surface area contributed by atoms with Gasteiger partial charge in [-0.2, -0.15) is 0 Å². The molecule has 0 aromatic rings. The Balaban J connectivity index is 0. The molecule has 0 saturated carbocycles. The van der Waals surface area contributed by atoms with Crippen LogP contribution in [0.4, 0.5) is 0 Å². The maximum atomic E-state index is 10.1. The summed E-state index contributed by atoms with van der Waals surface area (Å²) in [6.07, 6.45) is 0. The van der Waals surface area contributed by atoms with Crippen molar-refractivity contribution in [3.8, 4) is 0 Å². The molecule has 0 N–H and O–H groups in total. The van der Waals surface area contributed by atoms with Crippen molar-refractivity contribution in [3.05, 3.63) is 0 Å². The maximum Gasteiger partial charge on any atom is 1.00 e. The Kier molecular flexibility index (Phi) is 9.49. The van der Waals surface area contributed by atoms with Crippen molar-refractivity contribution in [2.75, 3.05) is 25.9 Å². The first-order chi connectivity index (χ1) is 4.45.